The Morgan fingerprint density at radius 1 is 1.04 bits per heavy atom. The van der Waals surface area contributed by atoms with Crippen LogP contribution in [0.4, 0.5) is 4.39 Å². The van der Waals surface area contributed by atoms with Crippen LogP contribution in [0.5, 0.6) is 11.5 Å². The maximum atomic E-state index is 13.9. The molecule has 0 aliphatic rings. The van der Waals surface area contributed by atoms with Gasteiger partial charge in [0, 0.05) is 23.4 Å². The van der Waals surface area contributed by atoms with Crippen LogP contribution < -0.4 is 9.47 Å². The molecule has 5 nitrogen and oxygen atoms in total. The van der Waals surface area contributed by atoms with Gasteiger partial charge in [-0.2, -0.15) is 0 Å². The minimum atomic E-state index is -0.291. The van der Waals surface area contributed by atoms with Gasteiger partial charge in [0.05, 0.1) is 11.6 Å². The number of H-pyrrole nitrogens is 1. The van der Waals surface area contributed by atoms with Crippen molar-refractivity contribution < 1.29 is 13.9 Å². The summed E-state index contributed by atoms with van der Waals surface area (Å²) in [6, 6.07) is 15.9. The van der Waals surface area contributed by atoms with Crippen molar-refractivity contribution in [3.8, 4) is 22.9 Å². The van der Waals surface area contributed by atoms with Gasteiger partial charge in [-0.25, -0.2) is 14.4 Å². The molecule has 0 radical (unpaired) electrons. The molecule has 0 unspecified atom stereocenters. The van der Waals surface area contributed by atoms with Crippen molar-refractivity contribution in [1.82, 2.24) is 15.0 Å². The number of benzene rings is 2. The highest BCUT2D eigenvalue weighted by Crippen LogP contribution is 2.30. The number of pyridine rings is 1. The first-order valence-electron chi connectivity index (χ1n) is 9.07. The van der Waals surface area contributed by atoms with E-state index in [-0.39, 0.29) is 18.5 Å². The highest BCUT2D eigenvalue weighted by atomic mass is 19.1. The van der Waals surface area contributed by atoms with E-state index in [9.17, 15) is 4.39 Å². The number of nitrogens with one attached hydrogen (secondary N) is 1. The molecule has 0 bridgehead atoms. The van der Waals surface area contributed by atoms with Crippen LogP contribution >= 0.6 is 0 Å². The fourth-order valence-electron chi connectivity index (χ4n) is 2.89. The number of hydrogen-bond acceptors (Lipinski definition) is 4. The molecule has 2 heterocycles. The Morgan fingerprint density at radius 3 is 2.64 bits per heavy atom. The van der Waals surface area contributed by atoms with Gasteiger partial charge >= 0.3 is 0 Å². The average molecular weight is 377 g/mol. The lowest BCUT2D eigenvalue weighted by Gasteiger charge is -2.14. The van der Waals surface area contributed by atoms with Gasteiger partial charge in [0.15, 0.2) is 5.65 Å². The number of imidazole rings is 1. The Hall–Kier alpha value is -3.41. The zero-order valence-electron chi connectivity index (χ0n) is 15.6. The summed E-state index contributed by atoms with van der Waals surface area (Å²) in [5, 5.41) is 0. The molecule has 0 saturated carbocycles. The van der Waals surface area contributed by atoms with Gasteiger partial charge in [-0.05, 0) is 44.2 Å². The van der Waals surface area contributed by atoms with Gasteiger partial charge in [-0.3, -0.25) is 0 Å². The largest absolute Gasteiger partial charge is 0.491 e. The molecule has 0 aliphatic heterocycles. The van der Waals surface area contributed by atoms with Gasteiger partial charge in [0.25, 0.3) is 0 Å². The third-order valence-electron chi connectivity index (χ3n) is 4.13. The van der Waals surface area contributed by atoms with Crippen molar-refractivity contribution in [1.29, 1.82) is 0 Å². The zero-order valence-corrected chi connectivity index (χ0v) is 15.6. The minimum Gasteiger partial charge on any atom is -0.491 e. The molecular weight excluding hydrogens is 357 g/mol. The number of ether oxygens (including phenoxy) is 2. The van der Waals surface area contributed by atoms with Gasteiger partial charge in [-0.1, -0.05) is 18.2 Å². The van der Waals surface area contributed by atoms with E-state index in [1.165, 1.54) is 6.07 Å². The lowest BCUT2D eigenvalue weighted by molar-refractivity contribution is 0.239. The minimum absolute atomic E-state index is 0.00649. The molecule has 0 saturated heterocycles. The fraction of sp³-hybridized carbons (Fsp3) is 0.182. The molecule has 6 heteroatoms. The van der Waals surface area contributed by atoms with E-state index in [2.05, 4.69) is 15.0 Å². The molecule has 1 N–H and O–H groups in total. The second-order valence-corrected chi connectivity index (χ2v) is 6.70. The van der Waals surface area contributed by atoms with Crippen LogP contribution in [0.2, 0.25) is 0 Å². The van der Waals surface area contributed by atoms with E-state index in [1.54, 1.807) is 30.5 Å². The first-order chi connectivity index (χ1) is 13.6. The third-order valence-corrected chi connectivity index (χ3v) is 4.13. The molecule has 2 aromatic carbocycles. The van der Waals surface area contributed by atoms with E-state index in [0.29, 0.717) is 28.5 Å². The summed E-state index contributed by atoms with van der Waals surface area (Å²) < 4.78 is 25.6. The van der Waals surface area contributed by atoms with Gasteiger partial charge < -0.3 is 14.5 Å². The van der Waals surface area contributed by atoms with Crippen molar-refractivity contribution in [2.75, 3.05) is 0 Å². The summed E-state index contributed by atoms with van der Waals surface area (Å²) in [5.74, 6) is 1.61. The van der Waals surface area contributed by atoms with E-state index in [4.69, 9.17) is 9.47 Å². The Labute approximate surface area is 162 Å². The summed E-state index contributed by atoms with van der Waals surface area (Å²) in [6.07, 6.45) is 1.71. The van der Waals surface area contributed by atoms with E-state index >= 15 is 0 Å². The number of nitrogens with zero attached hydrogens (tertiary/aromatic N) is 2. The normalized spacial score (nSPS) is 11.1. The van der Waals surface area contributed by atoms with Crippen molar-refractivity contribution in [3.63, 3.8) is 0 Å². The molecule has 0 atom stereocenters. The summed E-state index contributed by atoms with van der Waals surface area (Å²) in [5.41, 5.74) is 2.79. The maximum Gasteiger partial charge on any atom is 0.178 e. The van der Waals surface area contributed by atoms with Crippen molar-refractivity contribution in [2.24, 2.45) is 0 Å². The number of aromatic amines is 1. The van der Waals surface area contributed by atoms with Crippen LogP contribution in [0.15, 0.2) is 60.8 Å². The Morgan fingerprint density at radius 2 is 1.86 bits per heavy atom. The summed E-state index contributed by atoms with van der Waals surface area (Å²) in [4.78, 5) is 12.1. The van der Waals surface area contributed by atoms with Crippen molar-refractivity contribution >= 4 is 11.2 Å². The fourth-order valence-corrected chi connectivity index (χ4v) is 2.89. The molecule has 0 aliphatic carbocycles. The van der Waals surface area contributed by atoms with Crippen LogP contribution in [-0.4, -0.2) is 21.1 Å². The van der Waals surface area contributed by atoms with Crippen LogP contribution in [0, 0.1) is 5.82 Å². The predicted molar refractivity (Wildman–Crippen MR) is 106 cm³/mol. The highest BCUT2D eigenvalue weighted by molar-refractivity contribution is 5.76. The second-order valence-electron chi connectivity index (χ2n) is 6.70. The summed E-state index contributed by atoms with van der Waals surface area (Å²) >= 11 is 0. The molecule has 0 fully saturated rings. The highest BCUT2D eigenvalue weighted by Gasteiger charge is 2.11. The number of hydrogen-bond donors (Lipinski definition) is 1. The molecule has 4 rings (SSSR count). The van der Waals surface area contributed by atoms with Gasteiger partial charge in [0.2, 0.25) is 0 Å². The Kier molecular flexibility index (Phi) is 4.93. The molecular formula is C22H20FN3O2. The number of halogens is 1. The first-order valence-corrected chi connectivity index (χ1v) is 9.07. The van der Waals surface area contributed by atoms with Crippen molar-refractivity contribution in [2.45, 2.75) is 26.6 Å². The summed E-state index contributed by atoms with van der Waals surface area (Å²) in [6.45, 7) is 4.04. The molecule has 2 aromatic heterocycles. The average Bonchev–Trinajstić information content (AvgIpc) is 3.11. The van der Waals surface area contributed by atoms with Crippen LogP contribution in [0.3, 0.4) is 0 Å². The smallest absolute Gasteiger partial charge is 0.178 e. The SMILES string of the molecule is CC(C)Oc1cc(OCc2ccccc2F)cc(-c2nc3ncccc3[nH]2)c1. The molecule has 28 heavy (non-hydrogen) atoms. The zero-order chi connectivity index (χ0) is 19.5. The second kappa shape index (κ2) is 7.68. The number of fused-ring (bicyclic) bond motifs is 1. The number of aromatic nitrogens is 3. The molecule has 0 amide bonds. The van der Waals surface area contributed by atoms with E-state index in [0.717, 1.165) is 11.1 Å². The topological polar surface area (TPSA) is 60.0 Å². The monoisotopic (exact) mass is 377 g/mol. The lowest BCUT2D eigenvalue weighted by Crippen LogP contribution is -2.06. The molecule has 4 aromatic rings. The maximum absolute atomic E-state index is 13.9. The van der Waals surface area contributed by atoms with Gasteiger partial charge in [-0.15, -0.1) is 0 Å². The van der Waals surface area contributed by atoms with Crippen LogP contribution in [0.25, 0.3) is 22.6 Å². The standard InChI is InChI=1S/C22H20FN3O2/c1-14(2)28-18-11-16(21-25-20-8-5-9-24-22(20)26-21)10-17(12-18)27-13-15-6-3-4-7-19(15)23/h3-12,14H,13H2,1-2H3,(H,24,25,26). The Bertz CT molecular complexity index is 1070. The predicted octanol–water partition coefficient (Wildman–Crippen LogP) is 5.13. The first kappa shape index (κ1) is 18.0. The lowest BCUT2D eigenvalue weighted by atomic mass is 10.2. The van der Waals surface area contributed by atoms with E-state index < -0.39 is 0 Å². The summed E-state index contributed by atoms with van der Waals surface area (Å²) in [7, 11) is 0. The number of rotatable bonds is 6. The van der Waals surface area contributed by atoms with Crippen molar-refractivity contribution in [3.05, 3.63) is 72.2 Å². The van der Waals surface area contributed by atoms with Crippen LogP contribution in [-0.2, 0) is 6.61 Å². The third kappa shape index (κ3) is 3.96. The molecule has 142 valence electrons. The molecule has 0 spiro atoms. The van der Waals surface area contributed by atoms with E-state index in [1.807, 2.05) is 38.1 Å². The van der Waals surface area contributed by atoms with Crippen LogP contribution in [0.1, 0.15) is 19.4 Å². The van der Waals surface area contributed by atoms with Gasteiger partial charge in [0.1, 0.15) is 29.7 Å². The quantitative estimate of drug-likeness (QED) is 0.506. The Balaban J connectivity index is 1.67.